The van der Waals surface area contributed by atoms with Crippen LogP contribution in [0.25, 0.3) is 11.5 Å². The summed E-state index contributed by atoms with van der Waals surface area (Å²) in [6, 6.07) is 13.1. The van der Waals surface area contributed by atoms with E-state index in [9.17, 15) is 9.90 Å². The summed E-state index contributed by atoms with van der Waals surface area (Å²) in [5, 5.41) is 17.9. The van der Waals surface area contributed by atoms with Crippen molar-refractivity contribution >= 4 is 17.5 Å². The molecule has 4 rings (SSSR count). The first-order chi connectivity index (χ1) is 14.0. The van der Waals surface area contributed by atoms with E-state index in [-0.39, 0.29) is 12.1 Å². The van der Waals surface area contributed by atoms with E-state index in [2.05, 4.69) is 29.0 Å². The number of hydrogen-bond donors (Lipinski definition) is 1. The molecule has 0 aliphatic carbocycles. The van der Waals surface area contributed by atoms with Crippen LogP contribution in [0.1, 0.15) is 38.5 Å². The van der Waals surface area contributed by atoms with Crippen molar-refractivity contribution < 1.29 is 9.90 Å². The maximum atomic E-state index is 13.0. The lowest BCUT2D eigenvalue weighted by Gasteiger charge is -2.19. The van der Waals surface area contributed by atoms with Crippen LogP contribution in [-0.2, 0) is 0 Å². The summed E-state index contributed by atoms with van der Waals surface area (Å²) in [4.78, 5) is 21.1. The summed E-state index contributed by atoms with van der Waals surface area (Å²) in [5.74, 6) is 1.27. The summed E-state index contributed by atoms with van der Waals surface area (Å²) in [5.41, 5.74) is 2.31. The lowest BCUT2D eigenvalue weighted by Crippen LogP contribution is -2.32. The molecule has 29 heavy (non-hydrogen) atoms. The predicted molar refractivity (Wildman–Crippen MR) is 111 cm³/mol. The molecule has 1 saturated heterocycles. The third-order valence-electron chi connectivity index (χ3n) is 5.07. The minimum absolute atomic E-state index is 0.121. The fourth-order valence-corrected chi connectivity index (χ4v) is 3.42. The zero-order valence-electron chi connectivity index (χ0n) is 16.7. The van der Waals surface area contributed by atoms with Crippen molar-refractivity contribution in [2.75, 3.05) is 22.9 Å². The topological polar surface area (TPSA) is 87.4 Å². The van der Waals surface area contributed by atoms with Gasteiger partial charge in [-0.2, -0.15) is 0 Å². The van der Waals surface area contributed by atoms with Crippen molar-refractivity contribution in [1.82, 2.24) is 19.7 Å². The van der Waals surface area contributed by atoms with Crippen molar-refractivity contribution in [3.05, 3.63) is 54.4 Å². The maximum Gasteiger partial charge on any atom is 0.330 e. The fourth-order valence-electron chi connectivity index (χ4n) is 3.42. The standard InChI is InChI=1S/C21H24N6O2/c1-14(2)27-13-22-24-20(27)18-5-4-6-19(23-18)26-12-11-25(21(26)29)17-9-7-16(8-10-17)15(3)28/h4-10,13-15,28H,11-12H2,1-3H3. The Morgan fingerprint density at radius 2 is 1.72 bits per heavy atom. The van der Waals surface area contributed by atoms with Gasteiger partial charge in [-0.05, 0) is 50.6 Å². The Kier molecular flexibility index (Phi) is 5.02. The van der Waals surface area contributed by atoms with Crippen molar-refractivity contribution in [3.8, 4) is 11.5 Å². The lowest BCUT2D eigenvalue weighted by molar-refractivity contribution is 0.199. The molecule has 3 heterocycles. The Labute approximate surface area is 169 Å². The van der Waals surface area contributed by atoms with Gasteiger partial charge < -0.3 is 9.67 Å². The smallest absolute Gasteiger partial charge is 0.330 e. The van der Waals surface area contributed by atoms with E-state index in [1.807, 2.05) is 47.0 Å². The SMILES string of the molecule is CC(O)c1ccc(N2CCN(c3cccc(-c4nncn4C(C)C)n3)C2=O)cc1. The summed E-state index contributed by atoms with van der Waals surface area (Å²) >= 11 is 0. The van der Waals surface area contributed by atoms with Gasteiger partial charge in [-0.25, -0.2) is 9.78 Å². The number of carbonyl (C=O) groups excluding carboxylic acids is 1. The molecule has 0 radical (unpaired) electrons. The number of hydrogen-bond acceptors (Lipinski definition) is 5. The van der Waals surface area contributed by atoms with Crippen LogP contribution in [0, 0.1) is 0 Å². The normalized spacial score (nSPS) is 15.4. The highest BCUT2D eigenvalue weighted by Crippen LogP contribution is 2.27. The number of aromatic nitrogens is 4. The molecule has 150 valence electrons. The number of rotatable bonds is 5. The van der Waals surface area contributed by atoms with Gasteiger partial charge in [-0.15, -0.1) is 10.2 Å². The highest BCUT2D eigenvalue weighted by atomic mass is 16.3. The number of urea groups is 1. The Hall–Kier alpha value is -3.26. The Bertz CT molecular complexity index is 1010. The highest BCUT2D eigenvalue weighted by Gasteiger charge is 2.31. The number of benzene rings is 1. The predicted octanol–water partition coefficient (Wildman–Crippen LogP) is 3.42. The molecule has 0 bridgehead atoms. The zero-order valence-corrected chi connectivity index (χ0v) is 16.7. The van der Waals surface area contributed by atoms with Crippen LogP contribution in [0.4, 0.5) is 16.3 Å². The van der Waals surface area contributed by atoms with Crippen LogP contribution in [0.3, 0.4) is 0 Å². The van der Waals surface area contributed by atoms with Gasteiger partial charge in [-0.3, -0.25) is 9.80 Å². The molecule has 1 unspecified atom stereocenters. The van der Waals surface area contributed by atoms with Gasteiger partial charge in [0.15, 0.2) is 5.82 Å². The number of pyridine rings is 1. The summed E-state index contributed by atoms with van der Waals surface area (Å²) in [6.45, 7) is 6.95. The number of anilines is 2. The highest BCUT2D eigenvalue weighted by molar-refractivity contribution is 6.05. The fraction of sp³-hybridized carbons (Fsp3) is 0.333. The molecular formula is C21H24N6O2. The first-order valence-electron chi connectivity index (χ1n) is 9.69. The number of aliphatic hydroxyl groups is 1. The van der Waals surface area contributed by atoms with Gasteiger partial charge in [0, 0.05) is 24.8 Å². The number of carbonyl (C=O) groups is 1. The average Bonchev–Trinajstić information content (AvgIpc) is 3.35. The molecule has 1 aromatic carbocycles. The van der Waals surface area contributed by atoms with E-state index in [0.717, 1.165) is 11.3 Å². The maximum absolute atomic E-state index is 13.0. The summed E-state index contributed by atoms with van der Waals surface area (Å²) in [7, 11) is 0. The van der Waals surface area contributed by atoms with Gasteiger partial charge >= 0.3 is 6.03 Å². The summed E-state index contributed by atoms with van der Waals surface area (Å²) in [6.07, 6.45) is 1.16. The van der Waals surface area contributed by atoms with Gasteiger partial charge in [0.05, 0.1) is 6.10 Å². The van der Waals surface area contributed by atoms with Crippen molar-refractivity contribution in [1.29, 1.82) is 0 Å². The van der Waals surface area contributed by atoms with E-state index >= 15 is 0 Å². The quantitative estimate of drug-likeness (QED) is 0.719. The molecule has 0 saturated carbocycles. The second-order valence-corrected chi connectivity index (χ2v) is 7.39. The third-order valence-corrected chi connectivity index (χ3v) is 5.07. The van der Waals surface area contributed by atoms with E-state index in [4.69, 9.17) is 0 Å². The van der Waals surface area contributed by atoms with E-state index in [0.29, 0.717) is 30.4 Å². The number of aliphatic hydroxyl groups excluding tert-OH is 1. The molecule has 8 heteroatoms. The molecule has 8 nitrogen and oxygen atoms in total. The zero-order chi connectivity index (χ0) is 20.5. The Morgan fingerprint density at radius 3 is 2.41 bits per heavy atom. The second-order valence-electron chi connectivity index (χ2n) is 7.39. The molecule has 1 fully saturated rings. The minimum Gasteiger partial charge on any atom is -0.389 e. The van der Waals surface area contributed by atoms with Crippen molar-refractivity contribution in [2.45, 2.75) is 32.9 Å². The lowest BCUT2D eigenvalue weighted by atomic mass is 10.1. The third kappa shape index (κ3) is 3.58. The van der Waals surface area contributed by atoms with Crippen LogP contribution in [0.15, 0.2) is 48.8 Å². The molecule has 1 aliphatic rings. The van der Waals surface area contributed by atoms with Crippen molar-refractivity contribution in [2.24, 2.45) is 0 Å². The Morgan fingerprint density at radius 1 is 1.00 bits per heavy atom. The minimum atomic E-state index is -0.533. The largest absolute Gasteiger partial charge is 0.389 e. The molecule has 2 aromatic heterocycles. The monoisotopic (exact) mass is 392 g/mol. The Balaban J connectivity index is 1.58. The van der Waals surface area contributed by atoms with Crippen LogP contribution < -0.4 is 9.80 Å². The van der Waals surface area contributed by atoms with Gasteiger partial charge in [-0.1, -0.05) is 18.2 Å². The van der Waals surface area contributed by atoms with E-state index < -0.39 is 6.10 Å². The van der Waals surface area contributed by atoms with E-state index in [1.165, 1.54) is 0 Å². The molecule has 1 aliphatic heterocycles. The number of amides is 2. The molecule has 2 amide bonds. The van der Waals surface area contributed by atoms with Gasteiger partial charge in [0.2, 0.25) is 0 Å². The van der Waals surface area contributed by atoms with Gasteiger partial charge in [0.1, 0.15) is 17.8 Å². The number of nitrogens with zero attached hydrogens (tertiary/aromatic N) is 6. The van der Waals surface area contributed by atoms with Gasteiger partial charge in [0.25, 0.3) is 0 Å². The molecule has 0 spiro atoms. The molecule has 1 N–H and O–H groups in total. The average molecular weight is 392 g/mol. The second kappa shape index (κ2) is 7.63. The van der Waals surface area contributed by atoms with Crippen molar-refractivity contribution in [3.63, 3.8) is 0 Å². The molecule has 1 atom stereocenters. The first-order valence-corrected chi connectivity index (χ1v) is 9.69. The van der Waals surface area contributed by atoms with E-state index in [1.54, 1.807) is 23.1 Å². The van der Waals surface area contributed by atoms with Crippen LogP contribution in [0.2, 0.25) is 0 Å². The van der Waals surface area contributed by atoms with Crippen LogP contribution >= 0.6 is 0 Å². The van der Waals surface area contributed by atoms with Crippen LogP contribution in [0.5, 0.6) is 0 Å². The van der Waals surface area contributed by atoms with Crippen LogP contribution in [-0.4, -0.2) is 44.0 Å². The molecule has 3 aromatic rings. The molecular weight excluding hydrogens is 368 g/mol. The summed E-state index contributed by atoms with van der Waals surface area (Å²) < 4.78 is 1.95. The first kappa shape index (κ1) is 19.1.